The largest absolute Gasteiger partial charge is 0.346 e. The number of nitrogens with one attached hydrogen (secondary N) is 2. The van der Waals surface area contributed by atoms with Gasteiger partial charge in [0, 0.05) is 35.6 Å². The molecular formula is C12H16N4O3S2. The van der Waals surface area contributed by atoms with Crippen molar-refractivity contribution in [2.24, 2.45) is 5.73 Å². The van der Waals surface area contributed by atoms with Gasteiger partial charge in [0.15, 0.2) is 0 Å². The Bertz CT molecular complexity index is 799. The normalized spacial score (nSPS) is 15.5. The summed E-state index contributed by atoms with van der Waals surface area (Å²) in [5.41, 5.74) is 7.04. The van der Waals surface area contributed by atoms with Gasteiger partial charge in [0.1, 0.15) is 0 Å². The number of hydrogen-bond acceptors (Lipinski definition) is 5. The van der Waals surface area contributed by atoms with E-state index in [9.17, 15) is 13.2 Å². The van der Waals surface area contributed by atoms with Crippen LogP contribution in [-0.4, -0.2) is 18.0 Å². The molecule has 2 aromatic rings. The Morgan fingerprint density at radius 1 is 1.48 bits per heavy atom. The Morgan fingerprint density at radius 3 is 2.81 bits per heavy atom. The van der Waals surface area contributed by atoms with Gasteiger partial charge >= 0.3 is 4.87 Å². The van der Waals surface area contributed by atoms with Crippen molar-refractivity contribution in [2.75, 3.05) is 0 Å². The number of aromatic nitrogens is 2. The Balaban J connectivity index is 1.79. The van der Waals surface area contributed by atoms with Crippen LogP contribution in [0.3, 0.4) is 0 Å². The summed E-state index contributed by atoms with van der Waals surface area (Å²) in [7, 11) is -3.61. The van der Waals surface area contributed by atoms with Gasteiger partial charge in [0.05, 0.1) is 11.4 Å². The van der Waals surface area contributed by atoms with Crippen molar-refractivity contribution in [3.05, 3.63) is 38.7 Å². The maximum absolute atomic E-state index is 12.3. The molecule has 2 heterocycles. The SMILES string of the molecule is NCc1cc(S(=O)(=O)NCc2csc(=O)[nH]2)cn1C1CC1. The van der Waals surface area contributed by atoms with Gasteiger partial charge in [0.2, 0.25) is 10.0 Å². The monoisotopic (exact) mass is 328 g/mol. The number of nitrogens with zero attached hydrogens (tertiary/aromatic N) is 1. The van der Waals surface area contributed by atoms with Gasteiger partial charge in [-0.1, -0.05) is 11.3 Å². The zero-order chi connectivity index (χ0) is 15.0. The predicted octanol–water partition coefficient (Wildman–Crippen LogP) is 0.510. The molecule has 1 aliphatic carbocycles. The maximum Gasteiger partial charge on any atom is 0.304 e. The van der Waals surface area contributed by atoms with Crippen molar-refractivity contribution in [3.8, 4) is 0 Å². The highest BCUT2D eigenvalue weighted by molar-refractivity contribution is 7.89. The molecule has 0 aromatic carbocycles. The second kappa shape index (κ2) is 5.41. The third-order valence-corrected chi connectivity index (χ3v) is 5.48. The Hall–Kier alpha value is -1.42. The minimum atomic E-state index is -3.61. The minimum absolute atomic E-state index is 0.0631. The lowest BCUT2D eigenvalue weighted by atomic mass is 10.4. The first-order valence-corrected chi connectivity index (χ1v) is 8.93. The zero-order valence-electron chi connectivity index (χ0n) is 11.2. The summed E-state index contributed by atoms with van der Waals surface area (Å²) in [5.74, 6) is 0. The molecule has 3 rings (SSSR count). The number of H-pyrrole nitrogens is 1. The average molecular weight is 328 g/mol. The van der Waals surface area contributed by atoms with E-state index in [0.29, 0.717) is 18.3 Å². The lowest BCUT2D eigenvalue weighted by Crippen LogP contribution is -2.23. The fourth-order valence-corrected chi connectivity index (χ4v) is 3.79. The van der Waals surface area contributed by atoms with Crippen LogP contribution >= 0.6 is 11.3 Å². The summed E-state index contributed by atoms with van der Waals surface area (Å²) in [6.07, 6.45) is 3.76. The van der Waals surface area contributed by atoms with E-state index in [1.165, 1.54) is 0 Å². The van der Waals surface area contributed by atoms with Crippen molar-refractivity contribution in [1.82, 2.24) is 14.3 Å². The van der Waals surface area contributed by atoms with E-state index < -0.39 is 10.0 Å². The summed E-state index contributed by atoms with van der Waals surface area (Å²) in [5, 5.41) is 1.60. The van der Waals surface area contributed by atoms with Crippen LogP contribution in [0, 0.1) is 0 Å². The molecule has 4 N–H and O–H groups in total. The van der Waals surface area contributed by atoms with Crippen LogP contribution in [0.25, 0.3) is 0 Å². The molecule has 1 fully saturated rings. The fraction of sp³-hybridized carbons (Fsp3) is 0.417. The van der Waals surface area contributed by atoms with E-state index in [1.54, 1.807) is 17.6 Å². The quantitative estimate of drug-likeness (QED) is 0.717. The van der Waals surface area contributed by atoms with Crippen LogP contribution in [0.4, 0.5) is 0 Å². The number of nitrogens with two attached hydrogens (primary N) is 1. The highest BCUT2D eigenvalue weighted by atomic mass is 32.2. The molecule has 0 amide bonds. The Morgan fingerprint density at radius 2 is 2.24 bits per heavy atom. The molecule has 1 saturated carbocycles. The molecular weight excluding hydrogens is 312 g/mol. The third-order valence-electron chi connectivity index (χ3n) is 3.39. The third kappa shape index (κ3) is 3.10. The van der Waals surface area contributed by atoms with E-state index >= 15 is 0 Å². The Kier molecular flexibility index (Phi) is 3.74. The van der Waals surface area contributed by atoms with Crippen LogP contribution in [0.15, 0.2) is 27.3 Å². The van der Waals surface area contributed by atoms with E-state index in [1.807, 2.05) is 4.57 Å². The fourth-order valence-electron chi connectivity index (χ4n) is 2.16. The molecule has 1 aliphatic rings. The number of sulfonamides is 1. The lowest BCUT2D eigenvalue weighted by molar-refractivity contribution is 0.580. The van der Waals surface area contributed by atoms with Crippen LogP contribution < -0.4 is 15.3 Å². The molecule has 0 atom stereocenters. The van der Waals surface area contributed by atoms with Crippen molar-refractivity contribution in [1.29, 1.82) is 0 Å². The Labute approximate surface area is 125 Å². The topological polar surface area (TPSA) is 110 Å². The predicted molar refractivity (Wildman–Crippen MR) is 79.6 cm³/mol. The average Bonchev–Trinajstić information content (AvgIpc) is 3.05. The molecule has 114 valence electrons. The zero-order valence-corrected chi connectivity index (χ0v) is 12.8. The van der Waals surface area contributed by atoms with E-state index in [4.69, 9.17) is 5.73 Å². The van der Waals surface area contributed by atoms with Crippen molar-refractivity contribution in [2.45, 2.75) is 36.9 Å². The van der Waals surface area contributed by atoms with E-state index in [2.05, 4.69) is 9.71 Å². The van der Waals surface area contributed by atoms with Crippen LogP contribution in [0.5, 0.6) is 0 Å². The van der Waals surface area contributed by atoms with Gasteiger partial charge in [-0.3, -0.25) is 4.79 Å². The van der Waals surface area contributed by atoms with Gasteiger partial charge in [-0.15, -0.1) is 0 Å². The first-order valence-electron chi connectivity index (χ1n) is 6.57. The highest BCUT2D eigenvalue weighted by Gasteiger charge is 2.27. The molecule has 9 heteroatoms. The number of rotatable bonds is 6. The first-order chi connectivity index (χ1) is 9.99. The minimum Gasteiger partial charge on any atom is -0.346 e. The molecule has 0 spiro atoms. The van der Waals surface area contributed by atoms with Crippen molar-refractivity contribution in [3.63, 3.8) is 0 Å². The summed E-state index contributed by atoms with van der Waals surface area (Å²) < 4.78 is 29.0. The second-order valence-corrected chi connectivity index (χ2v) is 7.62. The molecule has 0 aliphatic heterocycles. The van der Waals surface area contributed by atoms with Gasteiger partial charge in [-0.25, -0.2) is 13.1 Å². The maximum atomic E-state index is 12.3. The van der Waals surface area contributed by atoms with Crippen molar-refractivity contribution < 1.29 is 8.42 Å². The summed E-state index contributed by atoms with van der Waals surface area (Å²) >= 11 is 1.01. The van der Waals surface area contributed by atoms with Crippen LogP contribution in [0.1, 0.15) is 30.3 Å². The molecule has 2 aromatic heterocycles. The van der Waals surface area contributed by atoms with Gasteiger partial charge in [0.25, 0.3) is 0 Å². The highest BCUT2D eigenvalue weighted by Crippen LogP contribution is 2.37. The van der Waals surface area contributed by atoms with Gasteiger partial charge in [-0.05, 0) is 18.9 Å². The smallest absolute Gasteiger partial charge is 0.304 e. The molecule has 0 bridgehead atoms. The van der Waals surface area contributed by atoms with Crippen molar-refractivity contribution >= 4 is 21.4 Å². The van der Waals surface area contributed by atoms with E-state index in [-0.39, 0.29) is 16.3 Å². The summed E-state index contributed by atoms with van der Waals surface area (Å²) in [6.45, 7) is 0.373. The van der Waals surface area contributed by atoms with Gasteiger partial charge < -0.3 is 15.3 Å². The summed E-state index contributed by atoms with van der Waals surface area (Å²) in [6, 6.07) is 1.98. The standard InChI is InChI=1S/C12H16N4O3S2/c13-4-10-3-11(6-16(10)9-1-2-9)21(18,19)14-5-8-7-20-12(17)15-8/h3,6-7,9,14H,1-2,4-5,13H2,(H,15,17). The molecule has 21 heavy (non-hydrogen) atoms. The molecule has 0 saturated heterocycles. The summed E-state index contributed by atoms with van der Waals surface area (Å²) in [4.78, 5) is 13.6. The number of thiazole rings is 1. The molecule has 7 nitrogen and oxygen atoms in total. The second-order valence-electron chi connectivity index (χ2n) is 5.01. The lowest BCUT2D eigenvalue weighted by Gasteiger charge is -2.04. The van der Waals surface area contributed by atoms with Crippen LogP contribution in [0.2, 0.25) is 0 Å². The first kappa shape index (κ1) is 14.5. The van der Waals surface area contributed by atoms with E-state index in [0.717, 1.165) is 29.9 Å². The van der Waals surface area contributed by atoms with Gasteiger partial charge in [-0.2, -0.15) is 0 Å². The molecule has 0 unspecified atom stereocenters. The number of aromatic amines is 1. The number of hydrogen-bond donors (Lipinski definition) is 3. The van der Waals surface area contributed by atoms with Crippen LogP contribution in [-0.2, 0) is 23.1 Å². The molecule has 0 radical (unpaired) electrons.